The molecule has 3 N–H and O–H groups in total. The molecular weight excluding hydrogens is 156 g/mol. The van der Waals surface area contributed by atoms with Gasteiger partial charge in [-0.2, -0.15) is 5.48 Å². The summed E-state index contributed by atoms with van der Waals surface area (Å²) in [6.07, 6.45) is 0.357. The fourth-order valence-corrected chi connectivity index (χ4v) is 1.13. The monoisotopic (exact) mass is 164 g/mol. The number of carbonyl (C=O) groups is 1. The predicted molar refractivity (Wildman–Crippen MR) is 43.3 cm³/mol. The Balaban J connectivity index is 2.43. The Kier molecular flexibility index (Phi) is 1.40. The lowest BCUT2D eigenvalue weighted by Gasteiger charge is -2.16. The van der Waals surface area contributed by atoms with Crippen LogP contribution < -0.4 is 16.1 Å². The molecule has 0 spiro atoms. The first-order valence-corrected chi connectivity index (χ1v) is 3.60. The number of hydroxylamine groups is 1. The van der Waals surface area contributed by atoms with Crippen LogP contribution in [0.5, 0.6) is 5.75 Å². The summed E-state index contributed by atoms with van der Waals surface area (Å²) >= 11 is 0. The molecule has 0 aliphatic carbocycles. The lowest BCUT2D eigenvalue weighted by molar-refractivity contribution is -0.128. The number of nitrogens with two attached hydrogens (primary N) is 1. The van der Waals surface area contributed by atoms with Gasteiger partial charge in [0.05, 0.1) is 6.42 Å². The van der Waals surface area contributed by atoms with Gasteiger partial charge in [-0.25, -0.2) is 0 Å². The van der Waals surface area contributed by atoms with E-state index in [0.29, 0.717) is 17.9 Å². The van der Waals surface area contributed by atoms with Crippen LogP contribution in [0.2, 0.25) is 0 Å². The molecule has 0 fully saturated rings. The highest BCUT2D eigenvalue weighted by Gasteiger charge is 2.15. The molecule has 1 aliphatic rings. The minimum absolute atomic E-state index is 0.132. The maximum absolute atomic E-state index is 10.8. The lowest BCUT2D eigenvalue weighted by Crippen LogP contribution is -2.33. The van der Waals surface area contributed by atoms with E-state index in [9.17, 15) is 4.79 Å². The number of rotatable bonds is 0. The first kappa shape index (κ1) is 6.97. The Hall–Kier alpha value is -1.71. The summed E-state index contributed by atoms with van der Waals surface area (Å²) in [4.78, 5) is 15.8. The average molecular weight is 164 g/mol. The van der Waals surface area contributed by atoms with E-state index in [-0.39, 0.29) is 5.91 Å². The van der Waals surface area contributed by atoms with Crippen LogP contribution in [0.3, 0.4) is 0 Å². The number of anilines is 1. The van der Waals surface area contributed by atoms with E-state index in [0.717, 1.165) is 5.56 Å². The Morgan fingerprint density at radius 1 is 1.50 bits per heavy atom. The molecule has 1 aromatic rings. The average Bonchev–Trinajstić information content (AvgIpc) is 2.05. The molecule has 0 aromatic heterocycles. The van der Waals surface area contributed by atoms with E-state index in [1.54, 1.807) is 18.2 Å². The SMILES string of the molecule is Nc1ccc2c(c1)ONC(=O)C2. The van der Waals surface area contributed by atoms with Crippen molar-refractivity contribution in [3.8, 4) is 5.75 Å². The number of nitrogens with one attached hydrogen (secondary N) is 1. The second-order valence-electron chi connectivity index (χ2n) is 2.67. The van der Waals surface area contributed by atoms with Crippen LogP contribution in [0.1, 0.15) is 5.56 Å². The smallest absolute Gasteiger partial charge is 0.257 e. The summed E-state index contributed by atoms with van der Waals surface area (Å²) in [5, 5.41) is 0. The summed E-state index contributed by atoms with van der Waals surface area (Å²) in [7, 11) is 0. The molecule has 2 rings (SSSR count). The molecule has 0 unspecified atom stereocenters. The molecule has 1 amide bonds. The molecule has 0 atom stereocenters. The zero-order valence-corrected chi connectivity index (χ0v) is 6.33. The molecule has 0 saturated carbocycles. The topological polar surface area (TPSA) is 64.3 Å². The number of amides is 1. The van der Waals surface area contributed by atoms with Crippen LogP contribution in [-0.4, -0.2) is 5.91 Å². The van der Waals surface area contributed by atoms with E-state index < -0.39 is 0 Å². The zero-order valence-electron chi connectivity index (χ0n) is 6.33. The first-order valence-electron chi connectivity index (χ1n) is 3.60. The second kappa shape index (κ2) is 2.41. The van der Waals surface area contributed by atoms with Gasteiger partial charge in [-0.05, 0) is 6.07 Å². The van der Waals surface area contributed by atoms with Crippen LogP contribution >= 0.6 is 0 Å². The molecule has 0 radical (unpaired) electrons. The minimum atomic E-state index is -0.132. The van der Waals surface area contributed by atoms with E-state index in [2.05, 4.69) is 5.48 Å². The van der Waals surface area contributed by atoms with Crippen LogP contribution in [0.15, 0.2) is 18.2 Å². The maximum atomic E-state index is 10.8. The quantitative estimate of drug-likeness (QED) is 0.539. The van der Waals surface area contributed by atoms with Gasteiger partial charge >= 0.3 is 0 Å². The molecule has 0 bridgehead atoms. The van der Waals surface area contributed by atoms with E-state index in [4.69, 9.17) is 10.6 Å². The van der Waals surface area contributed by atoms with Crippen molar-refractivity contribution < 1.29 is 9.63 Å². The van der Waals surface area contributed by atoms with Crippen molar-refractivity contribution in [3.05, 3.63) is 23.8 Å². The van der Waals surface area contributed by atoms with Gasteiger partial charge in [0.25, 0.3) is 5.91 Å². The Morgan fingerprint density at radius 2 is 2.33 bits per heavy atom. The Morgan fingerprint density at radius 3 is 3.17 bits per heavy atom. The number of hydrogen-bond donors (Lipinski definition) is 2. The summed E-state index contributed by atoms with van der Waals surface area (Å²) in [5.74, 6) is 0.502. The highest BCUT2D eigenvalue weighted by atomic mass is 16.7. The van der Waals surface area contributed by atoms with Gasteiger partial charge in [-0.3, -0.25) is 4.79 Å². The molecule has 4 heteroatoms. The first-order chi connectivity index (χ1) is 5.75. The largest absolute Gasteiger partial charge is 0.399 e. The normalized spacial score (nSPS) is 14.5. The number of hydrogen-bond acceptors (Lipinski definition) is 3. The highest BCUT2D eigenvalue weighted by Crippen LogP contribution is 2.23. The molecule has 62 valence electrons. The predicted octanol–water partition coefficient (Wildman–Crippen LogP) is 0.235. The van der Waals surface area contributed by atoms with Crippen LogP contribution in [0.25, 0.3) is 0 Å². The second-order valence-corrected chi connectivity index (χ2v) is 2.67. The van der Waals surface area contributed by atoms with Crippen LogP contribution in [-0.2, 0) is 11.2 Å². The van der Waals surface area contributed by atoms with Crippen molar-refractivity contribution in [3.63, 3.8) is 0 Å². The third-order valence-corrected chi connectivity index (χ3v) is 1.72. The number of carbonyl (C=O) groups excluding carboxylic acids is 1. The summed E-state index contributed by atoms with van der Waals surface area (Å²) in [6.45, 7) is 0. The van der Waals surface area contributed by atoms with E-state index in [1.807, 2.05) is 0 Å². The molecule has 0 saturated heterocycles. The molecule has 1 heterocycles. The fraction of sp³-hybridized carbons (Fsp3) is 0.125. The number of fused-ring (bicyclic) bond motifs is 1. The van der Waals surface area contributed by atoms with Crippen LogP contribution in [0.4, 0.5) is 5.69 Å². The van der Waals surface area contributed by atoms with Crippen molar-refractivity contribution >= 4 is 11.6 Å². The standard InChI is InChI=1S/C8H8N2O2/c9-6-2-1-5-3-8(11)10-12-7(5)4-6/h1-2,4H,3,9H2,(H,10,11). The van der Waals surface area contributed by atoms with Gasteiger partial charge in [-0.1, -0.05) is 6.07 Å². The molecule has 12 heavy (non-hydrogen) atoms. The van der Waals surface area contributed by atoms with Crippen LogP contribution in [0, 0.1) is 0 Å². The van der Waals surface area contributed by atoms with Gasteiger partial charge in [0.15, 0.2) is 5.75 Å². The third kappa shape index (κ3) is 1.07. The highest BCUT2D eigenvalue weighted by molar-refractivity contribution is 5.80. The van der Waals surface area contributed by atoms with Gasteiger partial charge in [-0.15, -0.1) is 0 Å². The molecule has 1 aliphatic heterocycles. The van der Waals surface area contributed by atoms with Gasteiger partial charge < -0.3 is 10.6 Å². The van der Waals surface area contributed by atoms with Crippen molar-refractivity contribution in [2.24, 2.45) is 0 Å². The van der Waals surface area contributed by atoms with Gasteiger partial charge in [0.1, 0.15) is 0 Å². The van der Waals surface area contributed by atoms with Gasteiger partial charge in [0, 0.05) is 17.3 Å². The summed E-state index contributed by atoms with van der Waals surface area (Å²) < 4.78 is 0. The number of nitrogen functional groups attached to an aromatic ring is 1. The van der Waals surface area contributed by atoms with Crippen molar-refractivity contribution in [2.45, 2.75) is 6.42 Å². The maximum Gasteiger partial charge on any atom is 0.257 e. The molecule has 4 nitrogen and oxygen atoms in total. The van der Waals surface area contributed by atoms with Crippen molar-refractivity contribution in [1.29, 1.82) is 0 Å². The van der Waals surface area contributed by atoms with E-state index >= 15 is 0 Å². The fourth-order valence-electron chi connectivity index (χ4n) is 1.13. The summed E-state index contributed by atoms with van der Waals surface area (Å²) in [6, 6.07) is 5.24. The minimum Gasteiger partial charge on any atom is -0.399 e. The Bertz CT molecular complexity index is 336. The van der Waals surface area contributed by atoms with Crippen molar-refractivity contribution in [2.75, 3.05) is 5.73 Å². The number of benzene rings is 1. The zero-order chi connectivity index (χ0) is 8.55. The molecular formula is C8H8N2O2. The Labute approximate surface area is 69.3 Å². The van der Waals surface area contributed by atoms with E-state index in [1.165, 1.54) is 0 Å². The van der Waals surface area contributed by atoms with Crippen molar-refractivity contribution in [1.82, 2.24) is 5.48 Å². The third-order valence-electron chi connectivity index (χ3n) is 1.72. The summed E-state index contributed by atoms with van der Waals surface area (Å²) in [5.41, 5.74) is 9.29. The van der Waals surface area contributed by atoms with Gasteiger partial charge in [0.2, 0.25) is 0 Å². The lowest BCUT2D eigenvalue weighted by atomic mass is 10.1. The molecule has 1 aromatic carbocycles.